The topological polar surface area (TPSA) is 16.4 Å². The highest BCUT2D eigenvalue weighted by Gasteiger charge is 2.21. The predicted molar refractivity (Wildman–Crippen MR) is 247 cm³/mol. The Morgan fingerprint density at radius 2 is 0.828 bits per heavy atom. The summed E-state index contributed by atoms with van der Waals surface area (Å²) < 4.78 is 6.54. The van der Waals surface area contributed by atoms with Gasteiger partial charge in [-0.15, -0.1) is 0 Å². The van der Waals surface area contributed by atoms with Crippen LogP contribution in [0.2, 0.25) is 0 Å². The molecule has 12 aromatic rings. The summed E-state index contributed by atoms with van der Waals surface area (Å²) in [5, 5.41) is 14.5. The summed E-state index contributed by atoms with van der Waals surface area (Å²) in [7, 11) is 0. The summed E-state index contributed by atoms with van der Waals surface area (Å²) in [4.78, 5) is 2.44. The summed E-state index contributed by atoms with van der Waals surface area (Å²) >= 11 is 0. The number of hydrogen-bond donors (Lipinski definition) is 0. The van der Waals surface area contributed by atoms with Crippen LogP contribution in [0, 0.1) is 0 Å². The van der Waals surface area contributed by atoms with E-state index in [1.807, 2.05) is 0 Å². The highest BCUT2D eigenvalue weighted by atomic mass is 16.3. The minimum atomic E-state index is 0.891. The molecule has 0 atom stereocenters. The van der Waals surface area contributed by atoms with Crippen molar-refractivity contribution in [1.82, 2.24) is 0 Å². The van der Waals surface area contributed by atoms with Gasteiger partial charge in [-0.05, 0) is 102 Å². The average molecular weight is 738 g/mol. The third-order valence-corrected chi connectivity index (χ3v) is 12.0. The van der Waals surface area contributed by atoms with Crippen LogP contribution in [0.25, 0.3) is 98.1 Å². The van der Waals surface area contributed by atoms with Crippen LogP contribution in [0.1, 0.15) is 0 Å². The molecular weight excluding hydrogens is 703 g/mol. The lowest BCUT2D eigenvalue weighted by Gasteiger charge is -2.29. The van der Waals surface area contributed by atoms with Gasteiger partial charge in [0.1, 0.15) is 11.2 Å². The second kappa shape index (κ2) is 12.9. The van der Waals surface area contributed by atoms with E-state index < -0.39 is 0 Å². The summed E-state index contributed by atoms with van der Waals surface area (Å²) in [6.45, 7) is 0. The molecule has 2 nitrogen and oxygen atoms in total. The molecule has 1 aromatic heterocycles. The molecule has 270 valence electrons. The van der Waals surface area contributed by atoms with Gasteiger partial charge in [0.15, 0.2) is 0 Å². The van der Waals surface area contributed by atoms with Gasteiger partial charge < -0.3 is 9.32 Å². The molecule has 0 aliphatic rings. The number of benzene rings is 11. The van der Waals surface area contributed by atoms with Crippen molar-refractivity contribution >= 4 is 92.9 Å². The Hall–Kier alpha value is -7.68. The lowest BCUT2D eigenvalue weighted by Crippen LogP contribution is -2.11. The van der Waals surface area contributed by atoms with Gasteiger partial charge >= 0.3 is 0 Å². The van der Waals surface area contributed by atoms with Crippen molar-refractivity contribution in [2.24, 2.45) is 0 Å². The van der Waals surface area contributed by atoms with Gasteiger partial charge in [-0.2, -0.15) is 0 Å². The quantitative estimate of drug-likeness (QED) is 0.164. The number of fused-ring (bicyclic) bond motifs is 11. The molecule has 0 radical (unpaired) electrons. The van der Waals surface area contributed by atoms with Crippen LogP contribution < -0.4 is 4.90 Å². The van der Waals surface area contributed by atoms with Crippen molar-refractivity contribution in [2.45, 2.75) is 0 Å². The Morgan fingerprint density at radius 1 is 0.293 bits per heavy atom. The molecule has 11 aromatic carbocycles. The van der Waals surface area contributed by atoms with Crippen LogP contribution in [-0.2, 0) is 0 Å². The fourth-order valence-corrected chi connectivity index (χ4v) is 9.29. The van der Waals surface area contributed by atoms with Crippen molar-refractivity contribution in [2.75, 3.05) is 4.90 Å². The molecular formula is C56H35NO. The summed E-state index contributed by atoms with van der Waals surface area (Å²) in [6.07, 6.45) is 0. The van der Waals surface area contributed by atoms with Crippen molar-refractivity contribution < 1.29 is 4.42 Å². The summed E-state index contributed by atoms with van der Waals surface area (Å²) in [5.74, 6) is 0. The van der Waals surface area contributed by atoms with E-state index in [0.29, 0.717) is 0 Å². The predicted octanol–water partition coefficient (Wildman–Crippen LogP) is 16.2. The lowest BCUT2D eigenvalue weighted by molar-refractivity contribution is 0.672. The molecule has 0 saturated heterocycles. The lowest BCUT2D eigenvalue weighted by atomic mass is 9.94. The molecule has 2 heteroatoms. The standard InChI is InChI=1S/C56H35NO/c1-4-14-42-36(11-1)25-31-49-44(18-9-19-47(42)49)39-23-29-41(30-24-39)57(54-22-10-20-48-43-15-5-2-12-37(43)26-32-50(48)54)53-21-8-7-16-45(53)40-28-34-55-52(35-40)51-33-27-38-13-3-6-17-46(38)56(51)58-55/h1-35H. The zero-order valence-corrected chi connectivity index (χ0v) is 31.6. The molecule has 0 bridgehead atoms. The Bertz CT molecular complexity index is 3580. The van der Waals surface area contributed by atoms with Crippen LogP contribution in [0.3, 0.4) is 0 Å². The van der Waals surface area contributed by atoms with E-state index in [2.05, 4.69) is 217 Å². The summed E-state index contributed by atoms with van der Waals surface area (Å²) in [6, 6.07) is 77.2. The Labute approximate surface area is 335 Å². The van der Waals surface area contributed by atoms with E-state index in [-0.39, 0.29) is 0 Å². The minimum Gasteiger partial charge on any atom is -0.455 e. The second-order valence-corrected chi connectivity index (χ2v) is 15.2. The zero-order valence-electron chi connectivity index (χ0n) is 31.6. The van der Waals surface area contributed by atoms with Crippen molar-refractivity contribution in [1.29, 1.82) is 0 Å². The van der Waals surface area contributed by atoms with E-state index in [4.69, 9.17) is 4.42 Å². The molecule has 0 N–H and O–H groups in total. The number of rotatable bonds is 5. The zero-order chi connectivity index (χ0) is 38.2. The van der Waals surface area contributed by atoms with Crippen LogP contribution in [0.15, 0.2) is 217 Å². The highest BCUT2D eigenvalue weighted by molar-refractivity contribution is 6.17. The molecule has 0 saturated carbocycles. The summed E-state index contributed by atoms with van der Waals surface area (Å²) in [5.41, 5.74) is 9.83. The highest BCUT2D eigenvalue weighted by Crippen LogP contribution is 2.46. The second-order valence-electron chi connectivity index (χ2n) is 15.2. The molecule has 0 aliphatic carbocycles. The molecule has 58 heavy (non-hydrogen) atoms. The van der Waals surface area contributed by atoms with E-state index in [1.165, 1.54) is 59.6 Å². The maximum absolute atomic E-state index is 6.54. The van der Waals surface area contributed by atoms with Gasteiger partial charge in [-0.1, -0.05) is 170 Å². The third-order valence-electron chi connectivity index (χ3n) is 12.0. The molecule has 12 rings (SSSR count). The SMILES string of the molecule is c1ccc(N(c2ccc(-c3cccc4c3ccc3ccccc34)cc2)c2cccc3c2ccc2ccccc23)c(-c2ccc3oc4c5ccccc5ccc4c3c2)c1. The van der Waals surface area contributed by atoms with Gasteiger partial charge in [-0.25, -0.2) is 0 Å². The minimum absolute atomic E-state index is 0.891. The van der Waals surface area contributed by atoms with E-state index in [1.54, 1.807) is 0 Å². The molecule has 0 unspecified atom stereocenters. The van der Waals surface area contributed by atoms with E-state index in [9.17, 15) is 0 Å². The smallest absolute Gasteiger partial charge is 0.143 e. The maximum atomic E-state index is 6.54. The first kappa shape index (κ1) is 32.6. The van der Waals surface area contributed by atoms with Crippen molar-refractivity contribution in [3.63, 3.8) is 0 Å². The van der Waals surface area contributed by atoms with Crippen LogP contribution in [0.4, 0.5) is 17.1 Å². The van der Waals surface area contributed by atoms with Crippen molar-refractivity contribution in [3.8, 4) is 22.3 Å². The number of nitrogens with zero attached hydrogens (tertiary/aromatic N) is 1. The normalized spacial score (nSPS) is 11.8. The number of hydrogen-bond acceptors (Lipinski definition) is 2. The molecule has 0 amide bonds. The molecule has 0 spiro atoms. The third kappa shape index (κ3) is 5.05. The van der Waals surface area contributed by atoms with Crippen molar-refractivity contribution in [3.05, 3.63) is 212 Å². The van der Waals surface area contributed by atoms with Gasteiger partial charge in [-0.3, -0.25) is 0 Å². The van der Waals surface area contributed by atoms with Gasteiger partial charge in [0.05, 0.1) is 11.4 Å². The molecule has 1 heterocycles. The van der Waals surface area contributed by atoms with Gasteiger partial charge in [0.25, 0.3) is 0 Å². The van der Waals surface area contributed by atoms with Crippen LogP contribution in [-0.4, -0.2) is 0 Å². The van der Waals surface area contributed by atoms with Gasteiger partial charge in [0, 0.05) is 32.8 Å². The fourth-order valence-electron chi connectivity index (χ4n) is 9.29. The van der Waals surface area contributed by atoms with Gasteiger partial charge in [0.2, 0.25) is 0 Å². The van der Waals surface area contributed by atoms with Crippen LogP contribution >= 0.6 is 0 Å². The first-order valence-corrected chi connectivity index (χ1v) is 19.9. The Balaban J connectivity index is 1.06. The van der Waals surface area contributed by atoms with E-state index in [0.717, 1.165) is 55.5 Å². The largest absolute Gasteiger partial charge is 0.455 e. The monoisotopic (exact) mass is 737 g/mol. The first-order valence-electron chi connectivity index (χ1n) is 19.9. The molecule has 0 fully saturated rings. The number of furan rings is 1. The van der Waals surface area contributed by atoms with E-state index >= 15 is 0 Å². The number of para-hydroxylation sites is 1. The maximum Gasteiger partial charge on any atom is 0.143 e. The Morgan fingerprint density at radius 3 is 1.59 bits per heavy atom. The number of anilines is 3. The fraction of sp³-hybridized carbons (Fsp3) is 0. The average Bonchev–Trinajstić information content (AvgIpc) is 3.68. The molecule has 0 aliphatic heterocycles. The Kier molecular flexibility index (Phi) is 7.26. The van der Waals surface area contributed by atoms with Crippen LogP contribution in [0.5, 0.6) is 0 Å². The first-order chi connectivity index (χ1) is 28.8.